The minimum atomic E-state index is -0.422. The van der Waals surface area contributed by atoms with Crippen LogP contribution < -0.4 is 20.3 Å². The SMILES string of the molecule is C/C=C/c1cc(C(=O)NNC(=O)CC(C)C)cc(OC)c1OC. The number of amides is 2. The van der Waals surface area contributed by atoms with Crippen LogP contribution in [0.4, 0.5) is 0 Å². The van der Waals surface area contributed by atoms with E-state index in [-0.39, 0.29) is 11.8 Å². The fourth-order valence-electron chi connectivity index (χ4n) is 2.05. The smallest absolute Gasteiger partial charge is 0.269 e. The van der Waals surface area contributed by atoms with E-state index >= 15 is 0 Å². The zero-order chi connectivity index (χ0) is 17.4. The molecule has 126 valence electrons. The summed E-state index contributed by atoms with van der Waals surface area (Å²) >= 11 is 0. The number of hydrogen-bond donors (Lipinski definition) is 2. The maximum absolute atomic E-state index is 12.2. The van der Waals surface area contributed by atoms with Gasteiger partial charge in [0.15, 0.2) is 11.5 Å². The molecule has 2 amide bonds. The number of nitrogens with one attached hydrogen (secondary N) is 2. The standard InChI is InChI=1S/C17H24N2O4/c1-6-7-12-9-13(10-14(22-4)16(12)23-5)17(21)19-18-15(20)8-11(2)3/h6-7,9-11H,8H2,1-5H3,(H,18,20)(H,19,21)/b7-6+. The third-order valence-corrected chi connectivity index (χ3v) is 3.03. The molecule has 6 heteroatoms. The summed E-state index contributed by atoms with van der Waals surface area (Å²) in [5, 5.41) is 0. The summed E-state index contributed by atoms with van der Waals surface area (Å²) in [6, 6.07) is 3.24. The van der Waals surface area contributed by atoms with Crippen molar-refractivity contribution >= 4 is 17.9 Å². The first-order valence-corrected chi connectivity index (χ1v) is 7.40. The maximum Gasteiger partial charge on any atom is 0.269 e. The molecule has 1 aromatic carbocycles. The van der Waals surface area contributed by atoms with Crippen molar-refractivity contribution in [2.45, 2.75) is 27.2 Å². The summed E-state index contributed by atoms with van der Waals surface area (Å²) in [7, 11) is 3.04. The molecular weight excluding hydrogens is 296 g/mol. The van der Waals surface area contributed by atoms with Gasteiger partial charge in [-0.2, -0.15) is 0 Å². The highest BCUT2D eigenvalue weighted by Crippen LogP contribution is 2.33. The Hall–Kier alpha value is -2.50. The third-order valence-electron chi connectivity index (χ3n) is 3.03. The van der Waals surface area contributed by atoms with E-state index < -0.39 is 5.91 Å². The van der Waals surface area contributed by atoms with E-state index in [1.165, 1.54) is 14.2 Å². The van der Waals surface area contributed by atoms with E-state index in [1.807, 2.05) is 32.9 Å². The average molecular weight is 320 g/mol. The summed E-state index contributed by atoms with van der Waals surface area (Å²) in [5.41, 5.74) is 5.88. The predicted molar refractivity (Wildman–Crippen MR) is 89.3 cm³/mol. The van der Waals surface area contributed by atoms with Gasteiger partial charge in [-0.1, -0.05) is 26.0 Å². The summed E-state index contributed by atoms with van der Waals surface area (Å²) < 4.78 is 10.6. The van der Waals surface area contributed by atoms with Gasteiger partial charge in [-0.25, -0.2) is 0 Å². The molecule has 0 saturated heterocycles. The normalized spacial score (nSPS) is 10.7. The lowest BCUT2D eigenvalue weighted by molar-refractivity contribution is -0.122. The topological polar surface area (TPSA) is 76.7 Å². The van der Waals surface area contributed by atoms with Gasteiger partial charge in [-0.15, -0.1) is 0 Å². The first kappa shape index (κ1) is 18.5. The summed E-state index contributed by atoms with van der Waals surface area (Å²) in [5.74, 6) is 0.554. The first-order valence-electron chi connectivity index (χ1n) is 7.40. The first-order chi connectivity index (χ1) is 10.9. The Bertz CT molecular complexity index is 595. The molecule has 0 radical (unpaired) electrons. The molecule has 1 aromatic rings. The third kappa shape index (κ3) is 5.32. The van der Waals surface area contributed by atoms with Gasteiger partial charge in [0.2, 0.25) is 5.91 Å². The van der Waals surface area contributed by atoms with E-state index in [0.717, 1.165) is 0 Å². The molecule has 0 unspecified atom stereocenters. The van der Waals surface area contributed by atoms with Crippen molar-refractivity contribution < 1.29 is 19.1 Å². The van der Waals surface area contributed by atoms with Crippen LogP contribution in [0.15, 0.2) is 18.2 Å². The largest absolute Gasteiger partial charge is 0.493 e. The number of hydrogen-bond acceptors (Lipinski definition) is 4. The lowest BCUT2D eigenvalue weighted by Crippen LogP contribution is -2.42. The van der Waals surface area contributed by atoms with Crippen LogP contribution >= 0.6 is 0 Å². The van der Waals surface area contributed by atoms with Crippen molar-refractivity contribution in [3.05, 3.63) is 29.3 Å². The highest BCUT2D eigenvalue weighted by Gasteiger charge is 2.15. The molecule has 6 nitrogen and oxygen atoms in total. The van der Waals surface area contributed by atoms with E-state index in [1.54, 1.807) is 12.1 Å². The van der Waals surface area contributed by atoms with Gasteiger partial charge in [0.25, 0.3) is 5.91 Å². The molecule has 0 spiro atoms. The number of allylic oxidation sites excluding steroid dienone is 1. The van der Waals surface area contributed by atoms with Crippen LogP contribution in [-0.4, -0.2) is 26.0 Å². The fraction of sp³-hybridized carbons (Fsp3) is 0.412. The zero-order valence-corrected chi connectivity index (χ0v) is 14.2. The molecule has 1 rings (SSSR count). The summed E-state index contributed by atoms with van der Waals surface area (Å²) in [6.45, 7) is 5.73. The number of benzene rings is 1. The number of carbonyl (C=O) groups excluding carboxylic acids is 2. The van der Waals surface area contributed by atoms with E-state index in [4.69, 9.17) is 9.47 Å². The Labute approximate surface area is 136 Å². The Morgan fingerprint density at radius 2 is 1.87 bits per heavy atom. The van der Waals surface area contributed by atoms with Crippen LogP contribution in [0.1, 0.15) is 43.1 Å². The predicted octanol–water partition coefficient (Wildman–Crippen LogP) is 2.54. The van der Waals surface area contributed by atoms with Crippen LogP contribution in [0.3, 0.4) is 0 Å². The van der Waals surface area contributed by atoms with Gasteiger partial charge in [-0.3, -0.25) is 20.4 Å². The van der Waals surface area contributed by atoms with Gasteiger partial charge in [-0.05, 0) is 25.0 Å². The second kappa shape index (κ2) is 8.82. The lowest BCUT2D eigenvalue weighted by Gasteiger charge is -2.14. The number of methoxy groups -OCH3 is 2. The summed E-state index contributed by atoms with van der Waals surface area (Å²) in [4.78, 5) is 23.8. The number of ether oxygens (including phenoxy) is 2. The maximum atomic E-state index is 12.2. The van der Waals surface area contributed by atoms with Gasteiger partial charge in [0.05, 0.1) is 14.2 Å². The Balaban J connectivity index is 2.96. The summed E-state index contributed by atoms with van der Waals surface area (Å²) in [6.07, 6.45) is 3.99. The monoisotopic (exact) mass is 320 g/mol. The molecular formula is C17H24N2O4. The van der Waals surface area contributed by atoms with E-state index in [2.05, 4.69) is 10.9 Å². The van der Waals surface area contributed by atoms with Gasteiger partial charge < -0.3 is 9.47 Å². The van der Waals surface area contributed by atoms with Crippen LogP contribution in [0.25, 0.3) is 6.08 Å². The number of carbonyl (C=O) groups is 2. The molecule has 2 N–H and O–H groups in total. The minimum Gasteiger partial charge on any atom is -0.493 e. The van der Waals surface area contributed by atoms with Crippen LogP contribution in [0, 0.1) is 5.92 Å². The van der Waals surface area contributed by atoms with Crippen LogP contribution in [-0.2, 0) is 4.79 Å². The highest BCUT2D eigenvalue weighted by atomic mass is 16.5. The van der Waals surface area contributed by atoms with Gasteiger partial charge >= 0.3 is 0 Å². The number of hydrazine groups is 1. The molecule has 0 aliphatic carbocycles. The molecule has 0 fully saturated rings. The molecule has 0 bridgehead atoms. The Kier molecular flexibility index (Phi) is 7.12. The fourth-order valence-corrected chi connectivity index (χ4v) is 2.05. The van der Waals surface area contributed by atoms with E-state index in [0.29, 0.717) is 29.0 Å². The van der Waals surface area contributed by atoms with Crippen molar-refractivity contribution in [3.8, 4) is 11.5 Å². The highest BCUT2D eigenvalue weighted by molar-refractivity contribution is 5.97. The lowest BCUT2D eigenvalue weighted by atomic mass is 10.1. The number of rotatable bonds is 6. The van der Waals surface area contributed by atoms with Crippen molar-refractivity contribution in [2.75, 3.05) is 14.2 Å². The minimum absolute atomic E-state index is 0.217. The molecule has 0 aliphatic rings. The zero-order valence-electron chi connectivity index (χ0n) is 14.2. The van der Waals surface area contributed by atoms with Crippen LogP contribution in [0.5, 0.6) is 11.5 Å². The molecule has 0 saturated carbocycles. The van der Waals surface area contributed by atoms with Gasteiger partial charge in [0.1, 0.15) is 0 Å². The van der Waals surface area contributed by atoms with Crippen molar-refractivity contribution in [2.24, 2.45) is 5.92 Å². The molecule has 23 heavy (non-hydrogen) atoms. The molecule has 0 aliphatic heterocycles. The second-order valence-corrected chi connectivity index (χ2v) is 5.40. The van der Waals surface area contributed by atoms with E-state index in [9.17, 15) is 9.59 Å². The second-order valence-electron chi connectivity index (χ2n) is 5.40. The van der Waals surface area contributed by atoms with Crippen molar-refractivity contribution in [1.29, 1.82) is 0 Å². The Morgan fingerprint density at radius 3 is 2.39 bits per heavy atom. The molecule has 0 aromatic heterocycles. The van der Waals surface area contributed by atoms with Crippen molar-refractivity contribution in [3.63, 3.8) is 0 Å². The average Bonchev–Trinajstić information content (AvgIpc) is 2.51. The van der Waals surface area contributed by atoms with Crippen molar-refractivity contribution in [1.82, 2.24) is 10.9 Å². The Morgan fingerprint density at radius 1 is 1.17 bits per heavy atom. The quantitative estimate of drug-likeness (QED) is 0.790. The molecule has 0 atom stereocenters. The molecule has 0 heterocycles. The van der Waals surface area contributed by atoms with Crippen LogP contribution in [0.2, 0.25) is 0 Å². The van der Waals surface area contributed by atoms with Gasteiger partial charge in [0, 0.05) is 17.5 Å².